The highest BCUT2D eigenvalue weighted by molar-refractivity contribution is 5.94. The number of amides is 1. The van der Waals surface area contributed by atoms with Crippen molar-refractivity contribution < 1.29 is 13.9 Å². The van der Waals surface area contributed by atoms with E-state index in [4.69, 9.17) is 4.74 Å². The topological polar surface area (TPSA) is 50.4 Å². The van der Waals surface area contributed by atoms with Crippen molar-refractivity contribution in [2.24, 2.45) is 0 Å². The molecule has 0 bridgehead atoms. The molecule has 0 saturated carbocycles. The third kappa shape index (κ3) is 2.98. The average Bonchev–Trinajstić information content (AvgIpc) is 2.40. The number of piperidine rings is 1. The number of benzene rings is 1. The van der Waals surface area contributed by atoms with Gasteiger partial charge in [-0.05, 0) is 31.5 Å². The van der Waals surface area contributed by atoms with Crippen LogP contribution in [0.25, 0.3) is 0 Å². The van der Waals surface area contributed by atoms with Gasteiger partial charge in [0, 0.05) is 11.8 Å². The van der Waals surface area contributed by atoms with E-state index in [0.717, 1.165) is 25.8 Å². The molecule has 2 N–H and O–H groups in total. The van der Waals surface area contributed by atoms with E-state index in [1.807, 2.05) is 0 Å². The largest absolute Gasteiger partial charge is 0.494 e. The fraction of sp³-hybridized carbons (Fsp3) is 0.462. The number of ether oxygens (including phenoxy) is 1. The van der Waals surface area contributed by atoms with Crippen molar-refractivity contribution in [3.63, 3.8) is 0 Å². The zero-order chi connectivity index (χ0) is 13.0. The van der Waals surface area contributed by atoms with Gasteiger partial charge in [0.1, 0.15) is 0 Å². The molecule has 1 heterocycles. The fourth-order valence-electron chi connectivity index (χ4n) is 2.05. The van der Waals surface area contributed by atoms with Crippen LogP contribution in [-0.2, 0) is 4.79 Å². The predicted molar refractivity (Wildman–Crippen MR) is 67.2 cm³/mol. The summed E-state index contributed by atoms with van der Waals surface area (Å²) in [6, 6.07) is 4.21. The summed E-state index contributed by atoms with van der Waals surface area (Å²) in [5.74, 6) is -0.421. The van der Waals surface area contributed by atoms with Gasteiger partial charge in [0.05, 0.1) is 13.2 Å². The van der Waals surface area contributed by atoms with E-state index < -0.39 is 5.82 Å². The summed E-state index contributed by atoms with van der Waals surface area (Å²) in [7, 11) is 1.41. The van der Waals surface area contributed by atoms with Crippen molar-refractivity contribution in [2.45, 2.75) is 25.3 Å². The van der Waals surface area contributed by atoms with E-state index in [1.165, 1.54) is 19.2 Å². The first kappa shape index (κ1) is 12.8. The number of carbonyl (C=O) groups is 1. The Morgan fingerprint density at radius 1 is 1.50 bits per heavy atom. The third-order valence-corrected chi connectivity index (χ3v) is 3.05. The summed E-state index contributed by atoms with van der Waals surface area (Å²) in [4.78, 5) is 11.9. The number of nitrogens with one attached hydrogen (secondary N) is 2. The van der Waals surface area contributed by atoms with Crippen molar-refractivity contribution >= 4 is 11.6 Å². The summed E-state index contributed by atoms with van der Waals surface area (Å²) < 4.78 is 18.3. The molecule has 1 aliphatic heterocycles. The minimum Gasteiger partial charge on any atom is -0.494 e. The second kappa shape index (κ2) is 5.82. The maximum atomic E-state index is 13.5. The van der Waals surface area contributed by atoms with Crippen LogP contribution in [-0.4, -0.2) is 25.6 Å². The lowest BCUT2D eigenvalue weighted by atomic mass is 10.0. The van der Waals surface area contributed by atoms with Crippen LogP contribution in [0.4, 0.5) is 10.1 Å². The van der Waals surface area contributed by atoms with Crippen LogP contribution in [0.2, 0.25) is 0 Å². The van der Waals surface area contributed by atoms with Gasteiger partial charge in [-0.3, -0.25) is 4.79 Å². The minimum absolute atomic E-state index is 0.112. The Hall–Kier alpha value is -1.62. The maximum absolute atomic E-state index is 13.5. The molecule has 0 spiro atoms. The van der Waals surface area contributed by atoms with Gasteiger partial charge in [-0.25, -0.2) is 4.39 Å². The molecule has 1 atom stereocenters. The van der Waals surface area contributed by atoms with Crippen molar-refractivity contribution in [1.29, 1.82) is 0 Å². The lowest BCUT2D eigenvalue weighted by Crippen LogP contribution is -2.43. The Kier molecular flexibility index (Phi) is 4.15. The lowest BCUT2D eigenvalue weighted by Gasteiger charge is -2.22. The second-order valence-corrected chi connectivity index (χ2v) is 4.34. The van der Waals surface area contributed by atoms with Crippen LogP contribution < -0.4 is 15.4 Å². The van der Waals surface area contributed by atoms with Crippen LogP contribution in [0.5, 0.6) is 5.75 Å². The standard InChI is InChI=1S/C13H17FN2O2/c1-18-12-6-5-9(8-10(12)14)16-13(17)11-4-2-3-7-15-11/h5-6,8,11,15H,2-4,7H2,1H3,(H,16,17)/t11-/m1/s1. The molecule has 0 unspecified atom stereocenters. The second-order valence-electron chi connectivity index (χ2n) is 4.34. The van der Waals surface area contributed by atoms with Gasteiger partial charge in [-0.2, -0.15) is 0 Å². The molecule has 2 rings (SSSR count). The molecular weight excluding hydrogens is 235 g/mol. The molecule has 5 heteroatoms. The summed E-state index contributed by atoms with van der Waals surface area (Å²) in [5, 5.41) is 5.85. The van der Waals surface area contributed by atoms with Gasteiger partial charge < -0.3 is 15.4 Å². The van der Waals surface area contributed by atoms with Crippen molar-refractivity contribution in [1.82, 2.24) is 5.32 Å². The van der Waals surface area contributed by atoms with Crippen molar-refractivity contribution in [2.75, 3.05) is 19.0 Å². The fourth-order valence-corrected chi connectivity index (χ4v) is 2.05. The molecule has 1 saturated heterocycles. The van der Waals surface area contributed by atoms with Crippen LogP contribution in [0.3, 0.4) is 0 Å². The van der Waals surface area contributed by atoms with Crippen LogP contribution >= 0.6 is 0 Å². The number of halogens is 1. The Balaban J connectivity index is 2.00. The van der Waals surface area contributed by atoms with E-state index in [9.17, 15) is 9.18 Å². The molecule has 1 aliphatic rings. The van der Waals surface area contributed by atoms with E-state index in [2.05, 4.69) is 10.6 Å². The number of carbonyl (C=O) groups excluding carboxylic acids is 1. The van der Waals surface area contributed by atoms with E-state index in [0.29, 0.717) is 5.69 Å². The molecule has 98 valence electrons. The lowest BCUT2D eigenvalue weighted by molar-refractivity contribution is -0.118. The number of hydrogen-bond acceptors (Lipinski definition) is 3. The molecule has 0 aliphatic carbocycles. The van der Waals surface area contributed by atoms with Gasteiger partial charge in [-0.15, -0.1) is 0 Å². The highest BCUT2D eigenvalue weighted by Gasteiger charge is 2.20. The van der Waals surface area contributed by atoms with Crippen LogP contribution in [0.1, 0.15) is 19.3 Å². The van der Waals surface area contributed by atoms with Crippen LogP contribution in [0, 0.1) is 5.82 Å². The molecular formula is C13H17FN2O2. The van der Waals surface area contributed by atoms with Gasteiger partial charge in [0.2, 0.25) is 5.91 Å². The summed E-state index contributed by atoms with van der Waals surface area (Å²) >= 11 is 0. The first-order valence-corrected chi connectivity index (χ1v) is 6.08. The zero-order valence-corrected chi connectivity index (χ0v) is 10.3. The summed E-state index contributed by atoms with van der Waals surface area (Å²) in [5.41, 5.74) is 0.450. The summed E-state index contributed by atoms with van der Waals surface area (Å²) in [6.45, 7) is 0.856. The molecule has 1 amide bonds. The van der Waals surface area contributed by atoms with Crippen molar-refractivity contribution in [3.05, 3.63) is 24.0 Å². The van der Waals surface area contributed by atoms with E-state index in [-0.39, 0.29) is 17.7 Å². The Morgan fingerprint density at radius 2 is 2.33 bits per heavy atom. The quantitative estimate of drug-likeness (QED) is 0.864. The molecule has 1 aromatic rings. The van der Waals surface area contributed by atoms with Crippen LogP contribution in [0.15, 0.2) is 18.2 Å². The first-order chi connectivity index (χ1) is 8.70. The van der Waals surface area contributed by atoms with Gasteiger partial charge in [-0.1, -0.05) is 6.42 Å². The normalized spacial score (nSPS) is 19.3. The van der Waals surface area contributed by atoms with E-state index >= 15 is 0 Å². The molecule has 0 aromatic heterocycles. The number of methoxy groups -OCH3 is 1. The number of hydrogen-bond donors (Lipinski definition) is 2. The summed E-state index contributed by atoms with van der Waals surface area (Å²) in [6.07, 6.45) is 2.97. The molecule has 1 aromatic carbocycles. The minimum atomic E-state index is -0.480. The zero-order valence-electron chi connectivity index (χ0n) is 10.3. The third-order valence-electron chi connectivity index (χ3n) is 3.05. The average molecular weight is 252 g/mol. The number of anilines is 1. The first-order valence-electron chi connectivity index (χ1n) is 6.08. The van der Waals surface area contributed by atoms with E-state index in [1.54, 1.807) is 6.07 Å². The van der Waals surface area contributed by atoms with Gasteiger partial charge in [0.15, 0.2) is 11.6 Å². The SMILES string of the molecule is COc1ccc(NC(=O)[C@H]2CCCCN2)cc1F. The molecule has 1 fully saturated rings. The Morgan fingerprint density at radius 3 is 2.94 bits per heavy atom. The smallest absolute Gasteiger partial charge is 0.241 e. The molecule has 4 nitrogen and oxygen atoms in total. The highest BCUT2D eigenvalue weighted by Crippen LogP contribution is 2.21. The predicted octanol–water partition coefficient (Wildman–Crippen LogP) is 1.91. The van der Waals surface area contributed by atoms with Gasteiger partial charge in [0.25, 0.3) is 0 Å². The number of rotatable bonds is 3. The van der Waals surface area contributed by atoms with Gasteiger partial charge >= 0.3 is 0 Å². The Bertz CT molecular complexity index is 431. The molecule has 0 radical (unpaired) electrons. The van der Waals surface area contributed by atoms with Crippen molar-refractivity contribution in [3.8, 4) is 5.75 Å². The monoisotopic (exact) mass is 252 g/mol. The molecule has 18 heavy (non-hydrogen) atoms. The Labute approximate surface area is 106 Å². The maximum Gasteiger partial charge on any atom is 0.241 e. The highest BCUT2D eigenvalue weighted by atomic mass is 19.1.